The minimum absolute atomic E-state index is 0.00604. The van der Waals surface area contributed by atoms with Gasteiger partial charge in [-0.05, 0) is 65.7 Å². The van der Waals surface area contributed by atoms with Crippen molar-refractivity contribution in [2.24, 2.45) is 0 Å². The van der Waals surface area contributed by atoms with Crippen molar-refractivity contribution in [1.29, 1.82) is 0 Å². The van der Waals surface area contributed by atoms with Crippen LogP contribution in [0.1, 0.15) is 49.0 Å². The van der Waals surface area contributed by atoms with Gasteiger partial charge in [-0.3, -0.25) is 19.4 Å². The summed E-state index contributed by atoms with van der Waals surface area (Å²) in [6.07, 6.45) is -2.63. The van der Waals surface area contributed by atoms with Gasteiger partial charge in [0.05, 0.1) is 18.0 Å². The third kappa shape index (κ3) is 5.66. The Morgan fingerprint density at radius 3 is 2.48 bits per heavy atom. The van der Waals surface area contributed by atoms with Crippen molar-refractivity contribution >= 4 is 35.1 Å². The van der Waals surface area contributed by atoms with E-state index in [0.29, 0.717) is 23.3 Å². The highest BCUT2D eigenvalue weighted by Crippen LogP contribution is 2.42. The highest BCUT2D eigenvalue weighted by Gasteiger charge is 2.36. The Labute approximate surface area is 239 Å². The number of rotatable bonds is 6. The molecule has 13 heteroatoms. The Hall–Kier alpha value is -4.84. The summed E-state index contributed by atoms with van der Waals surface area (Å²) in [6, 6.07) is 7.92. The maximum absolute atomic E-state index is 14.2. The van der Waals surface area contributed by atoms with Gasteiger partial charge >= 0.3 is 12.1 Å². The first kappa shape index (κ1) is 28.7. The highest BCUT2D eigenvalue weighted by atomic mass is 35.5. The van der Waals surface area contributed by atoms with E-state index in [0.717, 1.165) is 12.1 Å². The maximum atomic E-state index is 14.2. The summed E-state index contributed by atoms with van der Waals surface area (Å²) in [6.45, 7) is 0. The first-order chi connectivity index (χ1) is 19.8. The molecule has 0 aliphatic carbocycles. The lowest BCUT2D eigenvalue weighted by Gasteiger charge is -2.19. The third-order valence-electron chi connectivity index (χ3n) is 6.56. The van der Waals surface area contributed by atoms with Crippen LogP contribution in [0.25, 0.3) is 11.1 Å². The number of carboxylic acids is 1. The van der Waals surface area contributed by atoms with Crippen LogP contribution in [0.15, 0.2) is 67.0 Å². The van der Waals surface area contributed by atoms with E-state index in [4.69, 9.17) is 11.6 Å². The molecular formula is C29H17ClF5N3O4. The predicted molar refractivity (Wildman–Crippen MR) is 141 cm³/mol. The standard InChI is InChI=1S/C29H17ClF5N3O4/c30-22-2-1-17(31)11-19(22)26-25-20(28(42)38-26)7-14(21-12-36-4-3-13(21)9-24(39)40)8-23(25)37-27(41)15-5-16(29(33,34)35)10-18(32)6-15/h1-8,10-12,26H,9H2,(H,37,41)(H,38,42)(H,39,40). The molecule has 1 atom stereocenters. The molecule has 0 saturated heterocycles. The third-order valence-corrected chi connectivity index (χ3v) is 6.90. The molecule has 2 amide bonds. The van der Waals surface area contributed by atoms with E-state index in [-0.39, 0.29) is 39.0 Å². The Kier molecular flexibility index (Phi) is 7.42. The Balaban J connectivity index is 1.69. The fourth-order valence-corrected chi connectivity index (χ4v) is 4.97. The SMILES string of the molecule is O=C(O)Cc1ccncc1-c1cc(NC(=O)c2cc(F)cc(C(F)(F)F)c2)c2c(c1)C(=O)NC2c1cc(F)ccc1Cl. The molecular weight excluding hydrogens is 585 g/mol. The molecule has 3 aromatic carbocycles. The number of hydrogen-bond donors (Lipinski definition) is 3. The van der Waals surface area contributed by atoms with Crippen molar-refractivity contribution in [2.75, 3.05) is 5.32 Å². The molecule has 7 nitrogen and oxygen atoms in total. The van der Waals surface area contributed by atoms with E-state index in [2.05, 4.69) is 15.6 Å². The molecule has 1 aliphatic rings. The molecule has 0 fully saturated rings. The van der Waals surface area contributed by atoms with E-state index in [1.54, 1.807) is 0 Å². The number of aromatic nitrogens is 1. The average Bonchev–Trinajstić information content (AvgIpc) is 3.25. The number of amides is 2. The monoisotopic (exact) mass is 601 g/mol. The molecule has 4 aromatic rings. The van der Waals surface area contributed by atoms with Crippen molar-refractivity contribution in [1.82, 2.24) is 10.3 Å². The summed E-state index contributed by atoms with van der Waals surface area (Å²) in [4.78, 5) is 41.8. The Morgan fingerprint density at radius 2 is 1.76 bits per heavy atom. The van der Waals surface area contributed by atoms with E-state index >= 15 is 0 Å². The molecule has 1 unspecified atom stereocenters. The quantitative estimate of drug-likeness (QED) is 0.221. The van der Waals surface area contributed by atoms with Crippen LogP contribution < -0.4 is 10.6 Å². The number of halogens is 6. The number of benzene rings is 3. The Morgan fingerprint density at radius 1 is 1.00 bits per heavy atom. The molecule has 2 heterocycles. The van der Waals surface area contributed by atoms with Crippen LogP contribution >= 0.6 is 11.6 Å². The van der Waals surface area contributed by atoms with Crippen LogP contribution in [-0.2, 0) is 17.4 Å². The number of carbonyl (C=O) groups excluding carboxylic acids is 2. The summed E-state index contributed by atoms with van der Waals surface area (Å²) in [5, 5.41) is 14.5. The zero-order chi connectivity index (χ0) is 30.3. The van der Waals surface area contributed by atoms with E-state index in [1.165, 1.54) is 36.7 Å². The number of nitrogens with one attached hydrogen (secondary N) is 2. The van der Waals surface area contributed by atoms with E-state index < -0.39 is 59.2 Å². The van der Waals surface area contributed by atoms with Crippen LogP contribution in [0.5, 0.6) is 0 Å². The van der Waals surface area contributed by atoms with Gasteiger partial charge < -0.3 is 15.7 Å². The largest absolute Gasteiger partial charge is 0.481 e. The smallest absolute Gasteiger partial charge is 0.416 e. The van der Waals surface area contributed by atoms with Crippen LogP contribution in [0.3, 0.4) is 0 Å². The number of nitrogens with zero attached hydrogens (tertiary/aromatic N) is 1. The maximum Gasteiger partial charge on any atom is 0.416 e. The van der Waals surface area contributed by atoms with E-state index in [1.807, 2.05) is 0 Å². The number of anilines is 1. The number of hydrogen-bond acceptors (Lipinski definition) is 4. The van der Waals surface area contributed by atoms with Crippen molar-refractivity contribution in [3.63, 3.8) is 0 Å². The molecule has 3 N–H and O–H groups in total. The summed E-state index contributed by atoms with van der Waals surface area (Å²) < 4.78 is 68.2. The number of pyridine rings is 1. The number of fused-ring (bicyclic) bond motifs is 1. The number of aliphatic carboxylic acids is 1. The minimum Gasteiger partial charge on any atom is -0.481 e. The number of carbonyl (C=O) groups is 3. The first-order valence-corrected chi connectivity index (χ1v) is 12.5. The van der Waals surface area contributed by atoms with Gasteiger partial charge in [-0.15, -0.1) is 0 Å². The summed E-state index contributed by atoms with van der Waals surface area (Å²) in [5.74, 6) is -4.92. The van der Waals surface area contributed by atoms with Gasteiger partial charge in [-0.1, -0.05) is 11.6 Å². The molecule has 1 aromatic heterocycles. The van der Waals surface area contributed by atoms with Gasteiger partial charge in [-0.25, -0.2) is 8.78 Å². The molecule has 5 rings (SSSR count). The highest BCUT2D eigenvalue weighted by molar-refractivity contribution is 6.31. The minimum atomic E-state index is -4.94. The van der Waals surface area contributed by atoms with Gasteiger partial charge in [0.1, 0.15) is 11.6 Å². The molecule has 42 heavy (non-hydrogen) atoms. The second-order valence-electron chi connectivity index (χ2n) is 9.34. The van der Waals surface area contributed by atoms with Crippen molar-refractivity contribution < 1.29 is 41.4 Å². The second-order valence-corrected chi connectivity index (χ2v) is 9.75. The normalized spacial score (nSPS) is 14.3. The van der Waals surface area contributed by atoms with Gasteiger partial charge in [-0.2, -0.15) is 13.2 Å². The molecule has 0 bridgehead atoms. The van der Waals surface area contributed by atoms with E-state index in [9.17, 15) is 41.4 Å². The topological polar surface area (TPSA) is 108 Å². The van der Waals surface area contributed by atoms with Crippen LogP contribution in [-0.4, -0.2) is 27.9 Å². The molecule has 0 saturated carbocycles. The molecule has 0 spiro atoms. The fourth-order valence-electron chi connectivity index (χ4n) is 4.74. The van der Waals surface area contributed by atoms with Crippen molar-refractivity contribution in [3.05, 3.63) is 117 Å². The van der Waals surface area contributed by atoms with Crippen LogP contribution in [0.4, 0.5) is 27.6 Å². The van der Waals surface area contributed by atoms with Gasteiger partial charge in [0, 0.05) is 50.9 Å². The lowest BCUT2D eigenvalue weighted by atomic mass is 9.91. The zero-order valence-electron chi connectivity index (χ0n) is 21.0. The first-order valence-electron chi connectivity index (χ1n) is 12.1. The average molecular weight is 602 g/mol. The number of alkyl halides is 3. The zero-order valence-corrected chi connectivity index (χ0v) is 21.8. The lowest BCUT2D eigenvalue weighted by molar-refractivity contribution is -0.138. The predicted octanol–water partition coefficient (Wildman–Crippen LogP) is 6.41. The number of carboxylic acid groups (broad SMARTS) is 1. The summed E-state index contributed by atoms with van der Waals surface area (Å²) >= 11 is 6.30. The second kappa shape index (κ2) is 10.9. The summed E-state index contributed by atoms with van der Waals surface area (Å²) in [7, 11) is 0. The van der Waals surface area contributed by atoms with Crippen LogP contribution in [0, 0.1) is 11.6 Å². The Bertz CT molecular complexity index is 1780. The molecule has 0 radical (unpaired) electrons. The van der Waals surface area contributed by atoms with Crippen molar-refractivity contribution in [3.8, 4) is 11.1 Å². The molecule has 1 aliphatic heterocycles. The fraction of sp³-hybridized carbons (Fsp3) is 0.103. The van der Waals surface area contributed by atoms with Gasteiger partial charge in [0.25, 0.3) is 11.8 Å². The molecule has 214 valence electrons. The van der Waals surface area contributed by atoms with Crippen molar-refractivity contribution in [2.45, 2.75) is 18.6 Å². The lowest BCUT2D eigenvalue weighted by Crippen LogP contribution is -2.21. The van der Waals surface area contributed by atoms with Gasteiger partial charge in [0.2, 0.25) is 0 Å². The summed E-state index contributed by atoms with van der Waals surface area (Å²) in [5.41, 5.74) is -1.06. The van der Waals surface area contributed by atoms with Gasteiger partial charge in [0.15, 0.2) is 0 Å². The van der Waals surface area contributed by atoms with Crippen LogP contribution in [0.2, 0.25) is 5.02 Å².